The number of aromatic hydroxyl groups is 1. The molecule has 4 nitrogen and oxygen atoms in total. The summed E-state index contributed by atoms with van der Waals surface area (Å²) in [5.41, 5.74) is 0.776. The highest BCUT2D eigenvalue weighted by Crippen LogP contribution is 2.33. The molecule has 118 valence electrons. The van der Waals surface area contributed by atoms with E-state index >= 15 is 0 Å². The van der Waals surface area contributed by atoms with E-state index in [9.17, 15) is 5.11 Å². The summed E-state index contributed by atoms with van der Waals surface area (Å²) in [5, 5.41) is 14.1. The summed E-state index contributed by atoms with van der Waals surface area (Å²) < 4.78 is 5.12. The van der Waals surface area contributed by atoms with Crippen molar-refractivity contribution in [3.05, 3.63) is 22.7 Å². The van der Waals surface area contributed by atoms with Crippen molar-refractivity contribution in [3.8, 4) is 11.5 Å². The third-order valence-corrected chi connectivity index (χ3v) is 4.35. The number of benzene rings is 1. The summed E-state index contributed by atoms with van der Waals surface area (Å²) >= 11 is 6.04. The predicted molar refractivity (Wildman–Crippen MR) is 86.2 cm³/mol. The smallest absolute Gasteiger partial charge is 0.162 e. The number of nitrogens with one attached hydrogen (secondary N) is 1. The fourth-order valence-corrected chi connectivity index (χ4v) is 3.06. The number of likely N-dealkylation sites (tertiary alicyclic amines) is 1. The quantitative estimate of drug-likeness (QED) is 0.848. The Bertz CT molecular complexity index is 480. The van der Waals surface area contributed by atoms with Crippen LogP contribution in [0.3, 0.4) is 0 Å². The average Bonchev–Trinajstić information content (AvgIpc) is 2.91. The molecule has 1 unspecified atom stereocenters. The standard InChI is InChI=1S/C16H25ClN2O2/c1-11(2)19-5-4-12(10-19)8-18-9-13-6-14(17)7-15(21-3)16(13)20/h6-7,11-12,18,20H,4-5,8-10H2,1-3H3. The summed E-state index contributed by atoms with van der Waals surface area (Å²) in [6.45, 7) is 8.37. The van der Waals surface area contributed by atoms with E-state index in [1.54, 1.807) is 12.1 Å². The lowest BCUT2D eigenvalue weighted by molar-refractivity contribution is 0.264. The summed E-state index contributed by atoms with van der Waals surface area (Å²) in [5.74, 6) is 1.27. The lowest BCUT2D eigenvalue weighted by atomic mass is 10.1. The second kappa shape index (κ2) is 7.34. The summed E-state index contributed by atoms with van der Waals surface area (Å²) in [6, 6.07) is 4.02. The van der Waals surface area contributed by atoms with Crippen LogP contribution in [0.5, 0.6) is 11.5 Å². The minimum atomic E-state index is 0.171. The largest absolute Gasteiger partial charge is 0.504 e. The van der Waals surface area contributed by atoms with E-state index in [1.807, 2.05) is 0 Å². The maximum absolute atomic E-state index is 10.1. The molecule has 21 heavy (non-hydrogen) atoms. The zero-order valence-corrected chi connectivity index (χ0v) is 13.8. The molecule has 0 saturated carbocycles. The van der Waals surface area contributed by atoms with Crippen molar-refractivity contribution in [2.45, 2.75) is 32.9 Å². The summed E-state index contributed by atoms with van der Waals surface area (Å²) in [6.07, 6.45) is 1.23. The van der Waals surface area contributed by atoms with Crippen LogP contribution in [0.1, 0.15) is 25.8 Å². The molecule has 0 amide bonds. The highest BCUT2D eigenvalue weighted by molar-refractivity contribution is 6.30. The van der Waals surface area contributed by atoms with Crippen LogP contribution in [0.4, 0.5) is 0 Å². The Balaban J connectivity index is 1.86. The van der Waals surface area contributed by atoms with Gasteiger partial charge in [0.2, 0.25) is 0 Å². The molecule has 1 aliphatic rings. The van der Waals surface area contributed by atoms with Crippen molar-refractivity contribution in [3.63, 3.8) is 0 Å². The van der Waals surface area contributed by atoms with E-state index < -0.39 is 0 Å². The van der Waals surface area contributed by atoms with Gasteiger partial charge in [-0.2, -0.15) is 0 Å². The van der Waals surface area contributed by atoms with Crippen molar-refractivity contribution in [2.24, 2.45) is 5.92 Å². The molecule has 1 heterocycles. The number of phenolic OH excluding ortho intramolecular Hbond substituents is 1. The van der Waals surface area contributed by atoms with Crippen LogP contribution in [0.25, 0.3) is 0 Å². The van der Waals surface area contributed by atoms with Gasteiger partial charge in [-0.3, -0.25) is 0 Å². The molecule has 0 aromatic heterocycles. The van der Waals surface area contributed by atoms with E-state index in [1.165, 1.54) is 20.1 Å². The first kappa shape index (κ1) is 16.4. The minimum absolute atomic E-state index is 0.171. The van der Waals surface area contributed by atoms with Crippen LogP contribution < -0.4 is 10.1 Å². The molecular weight excluding hydrogens is 288 g/mol. The molecule has 1 fully saturated rings. The van der Waals surface area contributed by atoms with Crippen LogP contribution in [-0.2, 0) is 6.54 Å². The van der Waals surface area contributed by atoms with Gasteiger partial charge in [0, 0.05) is 35.8 Å². The van der Waals surface area contributed by atoms with Gasteiger partial charge in [0.15, 0.2) is 11.5 Å². The molecule has 0 radical (unpaired) electrons. The van der Waals surface area contributed by atoms with Crippen LogP contribution >= 0.6 is 11.6 Å². The number of methoxy groups -OCH3 is 1. The van der Waals surface area contributed by atoms with E-state index in [0.717, 1.165) is 18.7 Å². The minimum Gasteiger partial charge on any atom is -0.504 e. The van der Waals surface area contributed by atoms with Gasteiger partial charge in [-0.05, 0) is 45.3 Å². The van der Waals surface area contributed by atoms with Crippen LogP contribution in [0, 0.1) is 5.92 Å². The predicted octanol–water partition coefficient (Wildman–Crippen LogP) is 2.87. The summed E-state index contributed by atoms with van der Waals surface area (Å²) in [4.78, 5) is 2.51. The van der Waals surface area contributed by atoms with Gasteiger partial charge in [0.05, 0.1) is 7.11 Å². The molecule has 0 bridgehead atoms. The van der Waals surface area contributed by atoms with Gasteiger partial charge in [-0.15, -0.1) is 0 Å². The number of hydrogen-bond donors (Lipinski definition) is 2. The molecule has 1 aromatic carbocycles. The monoisotopic (exact) mass is 312 g/mol. The van der Waals surface area contributed by atoms with Crippen molar-refractivity contribution in [1.29, 1.82) is 0 Å². The Hall–Kier alpha value is -0.970. The zero-order chi connectivity index (χ0) is 15.4. The van der Waals surface area contributed by atoms with Gasteiger partial charge < -0.3 is 20.1 Å². The van der Waals surface area contributed by atoms with E-state index in [0.29, 0.717) is 29.3 Å². The van der Waals surface area contributed by atoms with Gasteiger partial charge >= 0.3 is 0 Å². The Morgan fingerprint density at radius 1 is 1.48 bits per heavy atom. The first-order valence-electron chi connectivity index (χ1n) is 7.51. The Kier molecular flexibility index (Phi) is 5.73. The van der Waals surface area contributed by atoms with E-state index in [-0.39, 0.29) is 5.75 Å². The molecule has 0 aliphatic carbocycles. The highest BCUT2D eigenvalue weighted by atomic mass is 35.5. The van der Waals surface area contributed by atoms with Crippen molar-refractivity contribution < 1.29 is 9.84 Å². The summed E-state index contributed by atoms with van der Waals surface area (Å²) in [7, 11) is 1.53. The van der Waals surface area contributed by atoms with Crippen molar-refractivity contribution in [1.82, 2.24) is 10.2 Å². The fourth-order valence-electron chi connectivity index (χ4n) is 2.83. The van der Waals surface area contributed by atoms with E-state index in [2.05, 4.69) is 24.1 Å². The van der Waals surface area contributed by atoms with Crippen LogP contribution in [0.2, 0.25) is 5.02 Å². The molecule has 2 N–H and O–H groups in total. The number of halogens is 1. The van der Waals surface area contributed by atoms with Crippen LogP contribution in [0.15, 0.2) is 12.1 Å². The van der Waals surface area contributed by atoms with E-state index in [4.69, 9.17) is 16.3 Å². The first-order valence-corrected chi connectivity index (χ1v) is 7.89. The maximum atomic E-state index is 10.1. The second-order valence-electron chi connectivity index (χ2n) is 5.99. The first-order chi connectivity index (χ1) is 10.0. The van der Waals surface area contributed by atoms with Gasteiger partial charge in [-0.1, -0.05) is 11.6 Å². The average molecular weight is 313 g/mol. The van der Waals surface area contributed by atoms with Crippen molar-refractivity contribution >= 4 is 11.6 Å². The molecule has 1 saturated heterocycles. The normalized spacial score (nSPS) is 19.4. The molecule has 1 atom stereocenters. The zero-order valence-electron chi connectivity index (χ0n) is 13.0. The Morgan fingerprint density at radius 3 is 2.86 bits per heavy atom. The Morgan fingerprint density at radius 2 is 2.24 bits per heavy atom. The number of ether oxygens (including phenoxy) is 1. The topological polar surface area (TPSA) is 44.7 Å². The van der Waals surface area contributed by atoms with Gasteiger partial charge in [-0.25, -0.2) is 0 Å². The molecule has 2 rings (SSSR count). The molecule has 5 heteroatoms. The number of phenols is 1. The molecule has 0 spiro atoms. The molecule has 1 aliphatic heterocycles. The fraction of sp³-hybridized carbons (Fsp3) is 0.625. The highest BCUT2D eigenvalue weighted by Gasteiger charge is 2.23. The third-order valence-electron chi connectivity index (χ3n) is 4.13. The lowest BCUT2D eigenvalue weighted by Crippen LogP contribution is -2.30. The maximum Gasteiger partial charge on any atom is 0.162 e. The second-order valence-corrected chi connectivity index (χ2v) is 6.43. The molecule has 1 aromatic rings. The SMILES string of the molecule is COc1cc(Cl)cc(CNCC2CCN(C(C)C)C2)c1O. The van der Waals surface area contributed by atoms with Gasteiger partial charge in [0.1, 0.15) is 0 Å². The van der Waals surface area contributed by atoms with Crippen LogP contribution in [-0.4, -0.2) is 42.8 Å². The number of hydrogen-bond acceptors (Lipinski definition) is 4. The third kappa shape index (κ3) is 4.25. The number of nitrogens with zero attached hydrogens (tertiary/aromatic N) is 1. The lowest BCUT2D eigenvalue weighted by Gasteiger charge is -2.20. The van der Waals surface area contributed by atoms with Crippen molar-refractivity contribution in [2.75, 3.05) is 26.7 Å². The van der Waals surface area contributed by atoms with Gasteiger partial charge in [0.25, 0.3) is 0 Å². The molecular formula is C16H25ClN2O2. The number of rotatable bonds is 6. The Labute approximate surface area is 132 Å².